The van der Waals surface area contributed by atoms with Crippen molar-refractivity contribution < 1.29 is 19.0 Å². The summed E-state index contributed by atoms with van der Waals surface area (Å²) in [6, 6.07) is 11.2. The van der Waals surface area contributed by atoms with E-state index in [1.807, 2.05) is 39.0 Å². The first-order chi connectivity index (χ1) is 16.5. The average molecular weight is 486 g/mol. The number of rotatable bonds is 13. The van der Waals surface area contributed by atoms with Gasteiger partial charge in [0.15, 0.2) is 16.6 Å². The Morgan fingerprint density at radius 2 is 1.56 bits per heavy atom. The first kappa shape index (κ1) is 25.8. The van der Waals surface area contributed by atoms with Crippen LogP contribution in [-0.2, 0) is 0 Å². The topological polar surface area (TPSA) is 64.1 Å². The third kappa shape index (κ3) is 6.18. The first-order valence-corrected chi connectivity index (χ1v) is 12.8. The lowest BCUT2D eigenvalue weighted by Crippen LogP contribution is -2.38. The van der Waals surface area contributed by atoms with Crippen LogP contribution >= 0.6 is 11.3 Å². The molecular formula is C26H35N3O4S. The van der Waals surface area contributed by atoms with Gasteiger partial charge in [-0.3, -0.25) is 9.69 Å². The first-order valence-electron chi connectivity index (χ1n) is 12.0. The molecule has 8 heteroatoms. The van der Waals surface area contributed by atoms with Crippen LogP contribution in [0.25, 0.3) is 10.2 Å². The molecular weight excluding hydrogens is 450 g/mol. The molecule has 1 heterocycles. The zero-order valence-corrected chi connectivity index (χ0v) is 21.6. The molecule has 0 aliphatic rings. The van der Waals surface area contributed by atoms with E-state index in [1.54, 1.807) is 23.1 Å². The molecule has 0 aliphatic heterocycles. The van der Waals surface area contributed by atoms with Gasteiger partial charge in [0.25, 0.3) is 5.91 Å². The summed E-state index contributed by atoms with van der Waals surface area (Å²) in [5.74, 6) is 1.91. The molecule has 3 rings (SSSR count). The monoisotopic (exact) mass is 485 g/mol. The minimum Gasteiger partial charge on any atom is -0.494 e. The molecule has 0 atom stereocenters. The lowest BCUT2D eigenvalue weighted by Gasteiger charge is -2.25. The van der Waals surface area contributed by atoms with Gasteiger partial charge in [0, 0.05) is 18.7 Å². The molecule has 7 nitrogen and oxygen atoms in total. The van der Waals surface area contributed by atoms with Crippen LogP contribution in [0.5, 0.6) is 17.2 Å². The summed E-state index contributed by atoms with van der Waals surface area (Å²) in [7, 11) is 0. The Labute approximate surface area is 206 Å². The van der Waals surface area contributed by atoms with Crippen LogP contribution in [0.1, 0.15) is 45.0 Å². The highest BCUT2D eigenvalue weighted by atomic mass is 32.1. The molecule has 34 heavy (non-hydrogen) atoms. The van der Waals surface area contributed by atoms with Gasteiger partial charge < -0.3 is 19.1 Å². The predicted octanol–water partition coefficient (Wildman–Crippen LogP) is 5.48. The van der Waals surface area contributed by atoms with Crippen molar-refractivity contribution in [2.24, 2.45) is 0 Å². The fourth-order valence-corrected chi connectivity index (χ4v) is 4.69. The number of benzene rings is 2. The van der Waals surface area contributed by atoms with Gasteiger partial charge in [0.2, 0.25) is 0 Å². The van der Waals surface area contributed by atoms with Gasteiger partial charge in [0.05, 0.1) is 30.0 Å². The molecule has 1 aromatic heterocycles. The SMILES string of the molecule is CCOc1ccc2nc(N(CCN(CC)CC)C(=O)c3ccc(OCC)c(OCC)c3)sc2c1. The quantitative estimate of drug-likeness (QED) is 0.319. The number of aromatic nitrogens is 1. The summed E-state index contributed by atoms with van der Waals surface area (Å²) < 4.78 is 18.1. The lowest BCUT2D eigenvalue weighted by molar-refractivity contribution is 0.0983. The van der Waals surface area contributed by atoms with Gasteiger partial charge in [0.1, 0.15) is 5.75 Å². The Bertz CT molecular complexity index is 1080. The fraction of sp³-hybridized carbons (Fsp3) is 0.462. The van der Waals surface area contributed by atoms with Crippen molar-refractivity contribution in [3.8, 4) is 17.2 Å². The smallest absolute Gasteiger partial charge is 0.260 e. The maximum Gasteiger partial charge on any atom is 0.260 e. The van der Waals surface area contributed by atoms with E-state index in [1.165, 1.54) is 11.3 Å². The molecule has 184 valence electrons. The average Bonchev–Trinajstić information content (AvgIpc) is 3.26. The molecule has 0 saturated carbocycles. The fourth-order valence-electron chi connectivity index (χ4n) is 3.67. The van der Waals surface area contributed by atoms with Crippen LogP contribution < -0.4 is 19.1 Å². The molecule has 0 bridgehead atoms. The normalized spacial score (nSPS) is 11.1. The summed E-state index contributed by atoms with van der Waals surface area (Å²) >= 11 is 1.50. The van der Waals surface area contributed by atoms with Crippen LogP contribution in [-0.4, -0.2) is 61.8 Å². The minimum atomic E-state index is -0.111. The second kappa shape index (κ2) is 12.6. The third-order valence-corrected chi connectivity index (χ3v) is 6.50. The van der Waals surface area contributed by atoms with E-state index in [0.717, 1.165) is 35.6 Å². The van der Waals surface area contributed by atoms with Crippen LogP contribution in [0.4, 0.5) is 5.13 Å². The molecule has 0 saturated heterocycles. The highest BCUT2D eigenvalue weighted by Crippen LogP contribution is 2.34. The standard InChI is InChI=1S/C26H35N3O4S/c1-6-28(7-2)15-16-29(26-27-21-13-12-20(31-8-3)18-24(21)34-26)25(30)19-11-14-22(32-9-4)23(17-19)33-10-5/h11-14,17-18H,6-10,15-16H2,1-5H3. The maximum atomic E-state index is 13.8. The van der Waals surface area contributed by atoms with Crippen molar-refractivity contribution in [2.45, 2.75) is 34.6 Å². The van der Waals surface area contributed by atoms with E-state index in [4.69, 9.17) is 19.2 Å². The van der Waals surface area contributed by atoms with Crippen molar-refractivity contribution in [2.75, 3.05) is 50.9 Å². The zero-order valence-electron chi connectivity index (χ0n) is 20.8. The molecule has 0 radical (unpaired) electrons. The van der Waals surface area contributed by atoms with Gasteiger partial charge in [-0.1, -0.05) is 25.2 Å². The number of thiazole rings is 1. The summed E-state index contributed by atoms with van der Waals surface area (Å²) in [4.78, 5) is 22.6. The molecule has 3 aromatic rings. The highest BCUT2D eigenvalue weighted by Gasteiger charge is 2.23. The van der Waals surface area contributed by atoms with Gasteiger partial charge >= 0.3 is 0 Å². The number of fused-ring (bicyclic) bond motifs is 1. The Kier molecular flexibility index (Phi) is 9.53. The van der Waals surface area contributed by atoms with Gasteiger partial charge in [-0.2, -0.15) is 0 Å². The largest absolute Gasteiger partial charge is 0.494 e. The van der Waals surface area contributed by atoms with E-state index in [-0.39, 0.29) is 5.91 Å². The Morgan fingerprint density at radius 1 is 0.853 bits per heavy atom. The van der Waals surface area contributed by atoms with Gasteiger partial charge in [-0.05, 0) is 70.3 Å². The molecule has 0 aliphatic carbocycles. The predicted molar refractivity (Wildman–Crippen MR) is 139 cm³/mol. The Morgan fingerprint density at radius 3 is 2.24 bits per heavy atom. The summed E-state index contributed by atoms with van der Waals surface area (Å²) in [6.07, 6.45) is 0. The molecule has 0 unspecified atom stereocenters. The van der Waals surface area contributed by atoms with Crippen LogP contribution in [0, 0.1) is 0 Å². The summed E-state index contributed by atoms with van der Waals surface area (Å²) in [6.45, 7) is 14.8. The second-order valence-electron chi connectivity index (χ2n) is 7.57. The molecule has 0 spiro atoms. The molecule has 0 fully saturated rings. The number of hydrogen-bond donors (Lipinski definition) is 0. The zero-order chi connectivity index (χ0) is 24.5. The highest BCUT2D eigenvalue weighted by molar-refractivity contribution is 7.22. The van der Waals surface area contributed by atoms with Crippen molar-refractivity contribution in [3.63, 3.8) is 0 Å². The molecule has 2 aromatic carbocycles. The number of nitrogens with zero attached hydrogens (tertiary/aromatic N) is 3. The minimum absolute atomic E-state index is 0.111. The van der Waals surface area contributed by atoms with E-state index in [0.29, 0.717) is 48.6 Å². The van der Waals surface area contributed by atoms with Crippen LogP contribution in [0.2, 0.25) is 0 Å². The van der Waals surface area contributed by atoms with E-state index in [2.05, 4.69) is 18.7 Å². The lowest BCUT2D eigenvalue weighted by atomic mass is 10.1. The maximum absolute atomic E-state index is 13.8. The van der Waals surface area contributed by atoms with Crippen molar-refractivity contribution in [3.05, 3.63) is 42.0 Å². The number of carbonyl (C=O) groups excluding carboxylic acids is 1. The van der Waals surface area contributed by atoms with Gasteiger partial charge in [-0.15, -0.1) is 0 Å². The van der Waals surface area contributed by atoms with Crippen molar-refractivity contribution >= 4 is 32.6 Å². The van der Waals surface area contributed by atoms with Crippen LogP contribution in [0.3, 0.4) is 0 Å². The second-order valence-corrected chi connectivity index (χ2v) is 8.58. The molecule has 0 N–H and O–H groups in total. The Balaban J connectivity index is 1.97. The third-order valence-electron chi connectivity index (χ3n) is 5.46. The van der Waals surface area contributed by atoms with Gasteiger partial charge in [-0.25, -0.2) is 4.98 Å². The van der Waals surface area contributed by atoms with Crippen molar-refractivity contribution in [1.29, 1.82) is 0 Å². The van der Waals surface area contributed by atoms with Crippen molar-refractivity contribution in [1.82, 2.24) is 9.88 Å². The van der Waals surface area contributed by atoms with E-state index in [9.17, 15) is 4.79 Å². The summed E-state index contributed by atoms with van der Waals surface area (Å²) in [5.41, 5.74) is 1.39. The number of carbonyl (C=O) groups is 1. The number of anilines is 1. The van der Waals surface area contributed by atoms with Crippen LogP contribution in [0.15, 0.2) is 36.4 Å². The molecule has 1 amide bonds. The number of hydrogen-bond acceptors (Lipinski definition) is 7. The van der Waals surface area contributed by atoms with E-state index < -0.39 is 0 Å². The number of amides is 1. The number of likely N-dealkylation sites (N-methyl/N-ethyl adjacent to an activating group) is 1. The van der Waals surface area contributed by atoms with E-state index >= 15 is 0 Å². The Hall–Kier alpha value is -2.84. The number of ether oxygens (including phenoxy) is 3. The summed E-state index contributed by atoms with van der Waals surface area (Å²) in [5, 5.41) is 0.674.